The highest BCUT2D eigenvalue weighted by Crippen LogP contribution is 2.33. The van der Waals surface area contributed by atoms with Gasteiger partial charge < -0.3 is 20.7 Å². The molecule has 1 saturated carbocycles. The van der Waals surface area contributed by atoms with Gasteiger partial charge in [0.15, 0.2) is 0 Å². The maximum atomic E-state index is 12.5. The topological polar surface area (TPSA) is 88.2 Å². The zero-order valence-electron chi connectivity index (χ0n) is 17.9. The fraction of sp³-hybridized carbons (Fsp3) is 0.240. The third-order valence-corrected chi connectivity index (χ3v) is 4.96. The number of amides is 1. The molecule has 3 N–H and O–H groups in total. The number of anilines is 3. The number of nitrogens with one attached hydrogen (secondary N) is 3. The lowest BCUT2D eigenvalue weighted by molar-refractivity contribution is -0.111. The maximum Gasteiger partial charge on any atom is 0.248 e. The molecule has 3 aromatic rings. The van der Waals surface area contributed by atoms with Crippen LogP contribution in [0.4, 0.5) is 17.2 Å². The molecule has 4 rings (SSSR count). The Hall–Kier alpha value is -3.89. The Bertz CT molecular complexity index is 1190. The highest BCUT2D eigenvalue weighted by molar-refractivity contribution is 6.03. The minimum absolute atomic E-state index is 0.226. The number of ether oxygens (including phenoxy) is 1. The van der Waals surface area contributed by atoms with E-state index in [4.69, 9.17) is 11.2 Å². The zero-order chi connectivity index (χ0) is 22.3. The van der Waals surface area contributed by atoms with Gasteiger partial charge in [0, 0.05) is 41.4 Å². The van der Waals surface area contributed by atoms with Gasteiger partial charge in [-0.3, -0.25) is 4.79 Å². The Balaban J connectivity index is 1.60. The molecule has 2 aromatic carbocycles. The summed E-state index contributed by atoms with van der Waals surface area (Å²) >= 11 is 0. The van der Waals surface area contributed by atoms with Crippen molar-refractivity contribution in [3.05, 3.63) is 60.4 Å². The second-order valence-electron chi connectivity index (χ2n) is 7.45. The zero-order valence-corrected chi connectivity index (χ0v) is 17.9. The SMILES string of the molecule is C#Cc1cccc(Nc2ncnc3cc(OCC)c(NC(=O)/C=C/CNC4CC4)cc23)c1. The minimum atomic E-state index is -0.226. The van der Waals surface area contributed by atoms with Crippen LogP contribution in [0.1, 0.15) is 25.3 Å². The van der Waals surface area contributed by atoms with Crippen molar-refractivity contribution >= 4 is 34.0 Å². The van der Waals surface area contributed by atoms with Crippen LogP contribution >= 0.6 is 0 Å². The van der Waals surface area contributed by atoms with Crippen molar-refractivity contribution in [2.45, 2.75) is 25.8 Å². The van der Waals surface area contributed by atoms with E-state index in [-0.39, 0.29) is 5.91 Å². The Morgan fingerprint density at radius 2 is 2.16 bits per heavy atom. The van der Waals surface area contributed by atoms with Crippen LogP contribution in [0.25, 0.3) is 10.9 Å². The van der Waals surface area contributed by atoms with Crippen LogP contribution < -0.4 is 20.7 Å². The number of hydrogen-bond donors (Lipinski definition) is 3. The number of benzene rings is 2. The molecular weight excluding hydrogens is 402 g/mol. The molecule has 162 valence electrons. The van der Waals surface area contributed by atoms with E-state index in [2.05, 4.69) is 31.8 Å². The van der Waals surface area contributed by atoms with Gasteiger partial charge in [0.25, 0.3) is 0 Å². The molecule has 0 aliphatic heterocycles. The first-order valence-corrected chi connectivity index (χ1v) is 10.6. The average molecular weight is 428 g/mol. The first-order chi connectivity index (χ1) is 15.7. The summed E-state index contributed by atoms with van der Waals surface area (Å²) < 4.78 is 5.75. The van der Waals surface area contributed by atoms with E-state index in [9.17, 15) is 4.79 Å². The number of carbonyl (C=O) groups is 1. The molecule has 7 nitrogen and oxygen atoms in total. The highest BCUT2D eigenvalue weighted by atomic mass is 16.5. The summed E-state index contributed by atoms with van der Waals surface area (Å²) in [5, 5.41) is 10.3. The Morgan fingerprint density at radius 1 is 1.28 bits per heavy atom. The highest BCUT2D eigenvalue weighted by Gasteiger charge is 2.19. The molecule has 32 heavy (non-hydrogen) atoms. The first-order valence-electron chi connectivity index (χ1n) is 10.6. The van der Waals surface area contributed by atoms with Crippen molar-refractivity contribution in [1.82, 2.24) is 15.3 Å². The molecule has 0 atom stereocenters. The predicted octanol–water partition coefficient (Wildman–Crippen LogP) is 4.00. The van der Waals surface area contributed by atoms with Crippen molar-refractivity contribution in [3.8, 4) is 18.1 Å². The van der Waals surface area contributed by atoms with Crippen LogP contribution in [0, 0.1) is 12.3 Å². The summed E-state index contributed by atoms with van der Waals surface area (Å²) in [5.41, 5.74) is 2.83. The van der Waals surface area contributed by atoms with Gasteiger partial charge in [-0.2, -0.15) is 0 Å². The number of hydrogen-bond acceptors (Lipinski definition) is 6. The van der Waals surface area contributed by atoms with Crippen molar-refractivity contribution in [3.63, 3.8) is 0 Å². The van der Waals surface area contributed by atoms with Gasteiger partial charge in [-0.1, -0.05) is 18.1 Å². The molecule has 1 aliphatic rings. The fourth-order valence-corrected chi connectivity index (χ4v) is 3.24. The minimum Gasteiger partial charge on any atom is -0.492 e. The Labute approximate surface area is 187 Å². The van der Waals surface area contributed by atoms with E-state index in [0.717, 1.165) is 16.6 Å². The molecular formula is C25H25N5O2. The predicted molar refractivity (Wildman–Crippen MR) is 127 cm³/mol. The van der Waals surface area contributed by atoms with E-state index in [0.29, 0.717) is 42.0 Å². The van der Waals surface area contributed by atoms with Crippen LogP contribution in [0.5, 0.6) is 5.75 Å². The largest absolute Gasteiger partial charge is 0.492 e. The van der Waals surface area contributed by atoms with Crippen LogP contribution in [0.3, 0.4) is 0 Å². The number of fused-ring (bicyclic) bond motifs is 1. The van der Waals surface area contributed by atoms with Crippen molar-refractivity contribution in [2.24, 2.45) is 0 Å². The summed E-state index contributed by atoms with van der Waals surface area (Å²) in [6, 6.07) is 11.7. The van der Waals surface area contributed by atoms with Crippen molar-refractivity contribution in [2.75, 3.05) is 23.8 Å². The summed E-state index contributed by atoms with van der Waals surface area (Å²) in [7, 11) is 0. The molecule has 1 aliphatic carbocycles. The lowest BCUT2D eigenvalue weighted by Gasteiger charge is -2.14. The lowest BCUT2D eigenvalue weighted by atomic mass is 10.1. The lowest BCUT2D eigenvalue weighted by Crippen LogP contribution is -2.16. The second kappa shape index (κ2) is 9.94. The fourth-order valence-electron chi connectivity index (χ4n) is 3.24. The third-order valence-electron chi connectivity index (χ3n) is 4.96. The molecule has 0 spiro atoms. The smallest absolute Gasteiger partial charge is 0.248 e. The summed E-state index contributed by atoms with van der Waals surface area (Å²) in [6.45, 7) is 3.03. The number of aromatic nitrogens is 2. The van der Waals surface area contributed by atoms with Crippen LogP contribution in [0.2, 0.25) is 0 Å². The van der Waals surface area contributed by atoms with Gasteiger partial charge in [-0.05, 0) is 44.0 Å². The standard InChI is InChI=1S/C25H25N5O2/c1-3-17-7-5-8-19(13-17)29-25-20-14-22(23(32-4-2)15-21(20)27-16-28-25)30-24(31)9-6-12-26-18-10-11-18/h1,5-9,13-16,18,26H,4,10-12H2,2H3,(H,30,31)(H,27,28,29)/b9-6+. The molecule has 1 fully saturated rings. The molecule has 1 amide bonds. The van der Waals surface area contributed by atoms with Crippen LogP contribution in [0.15, 0.2) is 54.9 Å². The second-order valence-corrected chi connectivity index (χ2v) is 7.45. The molecule has 0 radical (unpaired) electrons. The third kappa shape index (κ3) is 5.42. The molecule has 0 unspecified atom stereocenters. The van der Waals surface area contributed by atoms with Gasteiger partial charge in [-0.15, -0.1) is 6.42 Å². The van der Waals surface area contributed by atoms with Gasteiger partial charge in [0.2, 0.25) is 5.91 Å². The summed E-state index contributed by atoms with van der Waals surface area (Å²) in [4.78, 5) is 21.2. The van der Waals surface area contributed by atoms with E-state index in [1.165, 1.54) is 25.2 Å². The van der Waals surface area contributed by atoms with Gasteiger partial charge in [0.05, 0.1) is 17.8 Å². The molecule has 1 heterocycles. The summed E-state index contributed by atoms with van der Waals surface area (Å²) in [6.07, 6.45) is 12.8. The van der Waals surface area contributed by atoms with E-state index < -0.39 is 0 Å². The van der Waals surface area contributed by atoms with E-state index >= 15 is 0 Å². The molecule has 0 saturated heterocycles. The number of nitrogens with zero attached hydrogens (tertiary/aromatic N) is 2. The molecule has 0 bridgehead atoms. The normalized spacial score (nSPS) is 13.1. The quantitative estimate of drug-likeness (QED) is 0.353. The van der Waals surface area contributed by atoms with Crippen molar-refractivity contribution < 1.29 is 9.53 Å². The van der Waals surface area contributed by atoms with Gasteiger partial charge >= 0.3 is 0 Å². The van der Waals surface area contributed by atoms with Gasteiger partial charge in [-0.25, -0.2) is 9.97 Å². The van der Waals surface area contributed by atoms with Crippen molar-refractivity contribution in [1.29, 1.82) is 0 Å². The van der Waals surface area contributed by atoms with Gasteiger partial charge in [0.1, 0.15) is 17.9 Å². The van der Waals surface area contributed by atoms with Crippen LogP contribution in [-0.2, 0) is 4.79 Å². The van der Waals surface area contributed by atoms with E-state index in [1.54, 1.807) is 6.07 Å². The average Bonchev–Trinajstić information content (AvgIpc) is 3.62. The maximum absolute atomic E-state index is 12.5. The molecule has 1 aromatic heterocycles. The summed E-state index contributed by atoms with van der Waals surface area (Å²) in [5.74, 6) is 3.56. The monoisotopic (exact) mass is 427 g/mol. The number of carbonyl (C=O) groups excluding carboxylic acids is 1. The van der Waals surface area contributed by atoms with E-state index in [1.807, 2.05) is 43.3 Å². The number of terminal acetylenes is 1. The Kier molecular flexibility index (Phi) is 6.63. The number of rotatable bonds is 9. The Morgan fingerprint density at radius 3 is 2.94 bits per heavy atom. The van der Waals surface area contributed by atoms with Crippen LogP contribution in [-0.4, -0.2) is 35.1 Å². The molecule has 7 heteroatoms. The first kappa shape index (κ1) is 21.3.